The van der Waals surface area contributed by atoms with Crippen LogP contribution in [0.2, 0.25) is 0 Å². The molecule has 0 unspecified atom stereocenters. The van der Waals surface area contributed by atoms with Gasteiger partial charge in [0.25, 0.3) is 5.91 Å². The number of piperazine rings is 1. The van der Waals surface area contributed by atoms with Gasteiger partial charge in [0.1, 0.15) is 0 Å². The van der Waals surface area contributed by atoms with E-state index in [2.05, 4.69) is 18.9 Å². The van der Waals surface area contributed by atoms with Gasteiger partial charge in [0.15, 0.2) is 0 Å². The molecule has 4 heteroatoms. The molecule has 2 heterocycles. The molecule has 0 aromatic carbocycles. The monoisotopic (exact) mass is 238 g/mol. The summed E-state index contributed by atoms with van der Waals surface area (Å²) >= 11 is 1.67. The number of hydrogen-bond donors (Lipinski definition) is 0. The molecule has 88 valence electrons. The molecule has 1 saturated heterocycles. The summed E-state index contributed by atoms with van der Waals surface area (Å²) in [5, 5.41) is 1.99. The third-order valence-electron chi connectivity index (χ3n) is 3.31. The highest BCUT2D eigenvalue weighted by Gasteiger charge is 2.22. The summed E-state index contributed by atoms with van der Waals surface area (Å²) in [6, 6.07) is 0. The Bertz CT molecular complexity index is 392. The van der Waals surface area contributed by atoms with Crippen LogP contribution in [0.3, 0.4) is 0 Å². The summed E-state index contributed by atoms with van der Waals surface area (Å²) in [7, 11) is 2.10. The van der Waals surface area contributed by atoms with Crippen LogP contribution in [-0.2, 0) is 0 Å². The van der Waals surface area contributed by atoms with Crippen LogP contribution in [0.15, 0.2) is 5.38 Å². The maximum absolute atomic E-state index is 12.3. The van der Waals surface area contributed by atoms with Crippen LogP contribution in [0.5, 0.6) is 0 Å². The maximum atomic E-state index is 12.3. The molecule has 0 atom stereocenters. The van der Waals surface area contributed by atoms with E-state index in [4.69, 9.17) is 0 Å². The molecule has 1 aliphatic rings. The topological polar surface area (TPSA) is 23.6 Å². The minimum absolute atomic E-state index is 0.204. The highest BCUT2D eigenvalue weighted by molar-refractivity contribution is 7.10. The highest BCUT2D eigenvalue weighted by Crippen LogP contribution is 2.22. The van der Waals surface area contributed by atoms with Crippen molar-refractivity contribution in [2.45, 2.75) is 13.8 Å². The van der Waals surface area contributed by atoms with Crippen LogP contribution in [0.25, 0.3) is 0 Å². The Labute approximate surface area is 101 Å². The Hall–Kier alpha value is -0.870. The predicted molar refractivity (Wildman–Crippen MR) is 67.2 cm³/mol. The lowest BCUT2D eigenvalue weighted by atomic mass is 10.1. The molecule has 1 aliphatic heterocycles. The molecule has 0 radical (unpaired) electrons. The fraction of sp³-hybridized carbons (Fsp3) is 0.583. The number of hydrogen-bond acceptors (Lipinski definition) is 3. The van der Waals surface area contributed by atoms with E-state index in [9.17, 15) is 4.79 Å². The van der Waals surface area contributed by atoms with E-state index in [1.165, 1.54) is 4.88 Å². The minimum atomic E-state index is 0.204. The normalized spacial score (nSPS) is 17.8. The summed E-state index contributed by atoms with van der Waals surface area (Å²) < 4.78 is 0. The lowest BCUT2D eigenvalue weighted by Gasteiger charge is -2.32. The average Bonchev–Trinajstić information content (AvgIpc) is 2.60. The second-order valence-corrected chi connectivity index (χ2v) is 5.51. The van der Waals surface area contributed by atoms with Crippen molar-refractivity contribution >= 4 is 17.2 Å². The van der Waals surface area contributed by atoms with Gasteiger partial charge in [-0.1, -0.05) is 0 Å². The van der Waals surface area contributed by atoms with Gasteiger partial charge in [-0.05, 0) is 26.5 Å². The summed E-state index contributed by atoms with van der Waals surface area (Å²) in [4.78, 5) is 17.7. The van der Waals surface area contributed by atoms with Gasteiger partial charge in [-0.25, -0.2) is 0 Å². The van der Waals surface area contributed by atoms with Crippen molar-refractivity contribution in [3.05, 3.63) is 21.4 Å². The van der Waals surface area contributed by atoms with E-state index in [1.807, 2.05) is 17.2 Å². The van der Waals surface area contributed by atoms with Crippen LogP contribution in [0.4, 0.5) is 0 Å². The molecule has 1 aromatic heterocycles. The zero-order chi connectivity index (χ0) is 11.7. The molecular formula is C12H18N2OS. The first kappa shape index (κ1) is 11.6. The Balaban J connectivity index is 2.11. The zero-order valence-electron chi connectivity index (χ0n) is 10.1. The van der Waals surface area contributed by atoms with E-state index in [0.29, 0.717) is 0 Å². The lowest BCUT2D eigenvalue weighted by molar-refractivity contribution is 0.0664. The van der Waals surface area contributed by atoms with Crippen LogP contribution in [0, 0.1) is 13.8 Å². The number of carbonyl (C=O) groups is 1. The Morgan fingerprint density at radius 1 is 1.25 bits per heavy atom. The fourth-order valence-electron chi connectivity index (χ4n) is 1.90. The van der Waals surface area contributed by atoms with E-state index < -0.39 is 0 Å². The molecule has 16 heavy (non-hydrogen) atoms. The summed E-state index contributed by atoms with van der Waals surface area (Å²) in [5.41, 5.74) is 2.04. The third-order valence-corrected chi connectivity index (χ3v) is 4.32. The number of thiophene rings is 1. The van der Waals surface area contributed by atoms with Crippen molar-refractivity contribution in [1.29, 1.82) is 0 Å². The van der Waals surface area contributed by atoms with E-state index >= 15 is 0 Å². The summed E-state index contributed by atoms with van der Waals surface area (Å²) in [6.45, 7) is 7.77. The van der Waals surface area contributed by atoms with Crippen molar-refractivity contribution in [2.24, 2.45) is 0 Å². The van der Waals surface area contributed by atoms with Gasteiger partial charge in [-0.15, -0.1) is 11.3 Å². The molecule has 2 rings (SSSR count). The molecule has 0 saturated carbocycles. The van der Waals surface area contributed by atoms with Crippen molar-refractivity contribution in [3.8, 4) is 0 Å². The van der Waals surface area contributed by atoms with Gasteiger partial charge in [-0.2, -0.15) is 0 Å². The van der Waals surface area contributed by atoms with Gasteiger partial charge in [0.05, 0.1) is 5.56 Å². The van der Waals surface area contributed by atoms with Crippen LogP contribution in [-0.4, -0.2) is 48.9 Å². The first-order valence-corrected chi connectivity index (χ1v) is 6.50. The minimum Gasteiger partial charge on any atom is -0.336 e. The number of rotatable bonds is 1. The molecule has 0 bridgehead atoms. The van der Waals surface area contributed by atoms with Crippen LogP contribution < -0.4 is 0 Å². The van der Waals surface area contributed by atoms with Crippen molar-refractivity contribution in [3.63, 3.8) is 0 Å². The predicted octanol–water partition coefficient (Wildman–Crippen LogP) is 1.75. The Morgan fingerprint density at radius 3 is 2.38 bits per heavy atom. The van der Waals surface area contributed by atoms with Gasteiger partial charge in [0, 0.05) is 36.4 Å². The van der Waals surface area contributed by atoms with Crippen molar-refractivity contribution in [1.82, 2.24) is 9.80 Å². The number of likely N-dealkylation sites (N-methyl/N-ethyl adjacent to an activating group) is 1. The maximum Gasteiger partial charge on any atom is 0.255 e. The smallest absolute Gasteiger partial charge is 0.255 e. The molecule has 1 fully saturated rings. The molecule has 0 spiro atoms. The van der Waals surface area contributed by atoms with E-state index in [0.717, 1.165) is 37.3 Å². The standard InChI is InChI=1S/C12H18N2OS/c1-9-10(2)16-8-11(9)12(15)14-6-4-13(3)5-7-14/h8H,4-7H2,1-3H3. The van der Waals surface area contributed by atoms with Crippen LogP contribution in [0.1, 0.15) is 20.8 Å². The van der Waals surface area contributed by atoms with Gasteiger partial charge in [0.2, 0.25) is 0 Å². The van der Waals surface area contributed by atoms with Crippen molar-refractivity contribution < 1.29 is 4.79 Å². The number of carbonyl (C=O) groups excluding carboxylic acids is 1. The van der Waals surface area contributed by atoms with Gasteiger partial charge < -0.3 is 9.80 Å². The fourth-order valence-corrected chi connectivity index (χ4v) is 2.76. The van der Waals surface area contributed by atoms with Crippen molar-refractivity contribution in [2.75, 3.05) is 33.2 Å². The summed E-state index contributed by atoms with van der Waals surface area (Å²) in [5.74, 6) is 0.204. The molecule has 3 nitrogen and oxygen atoms in total. The van der Waals surface area contributed by atoms with E-state index in [-0.39, 0.29) is 5.91 Å². The molecule has 1 aromatic rings. The second kappa shape index (κ2) is 4.55. The number of nitrogens with zero attached hydrogens (tertiary/aromatic N) is 2. The van der Waals surface area contributed by atoms with Crippen LogP contribution >= 0.6 is 11.3 Å². The van der Waals surface area contributed by atoms with Gasteiger partial charge in [-0.3, -0.25) is 4.79 Å². The molecular weight excluding hydrogens is 220 g/mol. The Kier molecular flexibility index (Phi) is 3.30. The summed E-state index contributed by atoms with van der Waals surface area (Å²) in [6.07, 6.45) is 0. The first-order valence-electron chi connectivity index (χ1n) is 5.62. The third kappa shape index (κ3) is 2.13. The second-order valence-electron chi connectivity index (χ2n) is 4.43. The first-order chi connectivity index (χ1) is 7.59. The zero-order valence-corrected chi connectivity index (χ0v) is 10.9. The SMILES string of the molecule is Cc1scc(C(=O)N2CCN(C)CC2)c1C. The largest absolute Gasteiger partial charge is 0.336 e. The molecule has 0 aliphatic carbocycles. The number of aryl methyl sites for hydroxylation is 1. The van der Waals surface area contributed by atoms with Gasteiger partial charge >= 0.3 is 0 Å². The molecule has 0 N–H and O–H groups in total. The van der Waals surface area contributed by atoms with E-state index in [1.54, 1.807) is 11.3 Å². The lowest BCUT2D eigenvalue weighted by Crippen LogP contribution is -2.47. The Morgan fingerprint density at radius 2 is 1.88 bits per heavy atom. The quantitative estimate of drug-likeness (QED) is 0.744. The highest BCUT2D eigenvalue weighted by atomic mass is 32.1. The average molecular weight is 238 g/mol. The molecule has 1 amide bonds. The number of amides is 1.